The lowest BCUT2D eigenvalue weighted by Crippen LogP contribution is -2.43. The van der Waals surface area contributed by atoms with Crippen molar-refractivity contribution in [2.45, 2.75) is 38.6 Å². The second-order valence-electron chi connectivity index (χ2n) is 6.73. The summed E-state index contributed by atoms with van der Waals surface area (Å²) >= 11 is 0. The third-order valence-corrected chi connectivity index (χ3v) is 5.02. The molecule has 5 nitrogen and oxygen atoms in total. The van der Waals surface area contributed by atoms with Crippen molar-refractivity contribution in [2.24, 2.45) is 0 Å². The first-order chi connectivity index (χ1) is 11.7. The molecule has 1 aliphatic heterocycles. The predicted octanol–water partition coefficient (Wildman–Crippen LogP) is 2.81. The Morgan fingerprint density at radius 3 is 2.92 bits per heavy atom. The van der Waals surface area contributed by atoms with Crippen molar-refractivity contribution < 1.29 is 9.53 Å². The van der Waals surface area contributed by atoms with E-state index in [1.54, 1.807) is 6.20 Å². The highest BCUT2D eigenvalue weighted by molar-refractivity contribution is 5.94. The molecular weight excluding hydrogens is 302 g/mol. The summed E-state index contributed by atoms with van der Waals surface area (Å²) < 4.78 is 5.60. The van der Waals surface area contributed by atoms with Crippen LogP contribution in [0.3, 0.4) is 0 Å². The van der Waals surface area contributed by atoms with Gasteiger partial charge in [0.25, 0.3) is 5.91 Å². The second-order valence-corrected chi connectivity index (χ2v) is 6.73. The van der Waals surface area contributed by atoms with Crippen LogP contribution in [0.4, 0.5) is 0 Å². The smallest absolute Gasteiger partial charge is 0.254 e. The van der Waals surface area contributed by atoms with Crippen LogP contribution in [0, 0.1) is 6.92 Å². The number of aromatic amines is 1. The van der Waals surface area contributed by atoms with E-state index in [4.69, 9.17) is 4.74 Å². The van der Waals surface area contributed by atoms with Crippen molar-refractivity contribution in [1.82, 2.24) is 14.9 Å². The molecule has 1 fully saturated rings. The highest BCUT2D eigenvalue weighted by atomic mass is 16.5. The van der Waals surface area contributed by atoms with Gasteiger partial charge in [-0.2, -0.15) is 0 Å². The number of aryl methyl sites for hydroxylation is 3. The number of H-pyrrole nitrogens is 1. The third kappa shape index (κ3) is 2.84. The van der Waals surface area contributed by atoms with Gasteiger partial charge in [-0.1, -0.05) is 6.07 Å². The van der Waals surface area contributed by atoms with E-state index in [-0.39, 0.29) is 11.9 Å². The maximum atomic E-state index is 13.1. The molecule has 0 radical (unpaired) electrons. The maximum Gasteiger partial charge on any atom is 0.254 e. The Balaban J connectivity index is 1.62. The number of hydrogen-bond acceptors (Lipinski definition) is 3. The van der Waals surface area contributed by atoms with Gasteiger partial charge in [0.2, 0.25) is 0 Å². The normalized spacial score (nSPS) is 20.7. The molecule has 24 heavy (non-hydrogen) atoms. The summed E-state index contributed by atoms with van der Waals surface area (Å²) in [5.41, 5.74) is 4.52. The van der Waals surface area contributed by atoms with Gasteiger partial charge in [-0.15, -0.1) is 0 Å². The number of morpholine rings is 1. The van der Waals surface area contributed by atoms with Crippen molar-refractivity contribution in [3.63, 3.8) is 0 Å². The molecule has 0 unspecified atom stereocenters. The van der Waals surface area contributed by atoms with Crippen LogP contribution >= 0.6 is 0 Å². The first-order valence-electron chi connectivity index (χ1n) is 8.74. The number of imidazole rings is 1. The molecule has 126 valence electrons. The minimum atomic E-state index is -0.143. The minimum absolute atomic E-state index is 0.0747. The summed E-state index contributed by atoms with van der Waals surface area (Å²) in [6, 6.07) is 6.06. The molecule has 1 aromatic carbocycles. The fraction of sp³-hybridized carbons (Fsp3) is 0.474. The Morgan fingerprint density at radius 2 is 2.12 bits per heavy atom. The number of fused-ring (bicyclic) bond motifs is 1. The van der Waals surface area contributed by atoms with Crippen LogP contribution in [-0.2, 0) is 17.6 Å². The van der Waals surface area contributed by atoms with Crippen molar-refractivity contribution in [3.8, 4) is 0 Å². The number of hydrogen-bond donors (Lipinski definition) is 1. The van der Waals surface area contributed by atoms with Crippen LogP contribution in [0.2, 0.25) is 0 Å². The van der Waals surface area contributed by atoms with Crippen molar-refractivity contribution >= 4 is 5.91 Å². The molecular formula is C19H23N3O2. The zero-order valence-electron chi connectivity index (χ0n) is 14.0. The molecule has 2 aliphatic rings. The molecule has 1 saturated heterocycles. The van der Waals surface area contributed by atoms with E-state index in [9.17, 15) is 4.79 Å². The third-order valence-electron chi connectivity index (χ3n) is 5.02. The molecule has 4 rings (SSSR count). The van der Waals surface area contributed by atoms with E-state index in [0.29, 0.717) is 19.8 Å². The number of benzene rings is 1. The summed E-state index contributed by atoms with van der Waals surface area (Å²) in [6.45, 7) is 3.63. The molecule has 5 heteroatoms. The van der Waals surface area contributed by atoms with Gasteiger partial charge in [0.15, 0.2) is 0 Å². The van der Waals surface area contributed by atoms with Gasteiger partial charge in [-0.25, -0.2) is 4.98 Å². The number of ether oxygens (including phenoxy) is 1. The van der Waals surface area contributed by atoms with Crippen LogP contribution in [0.1, 0.15) is 51.9 Å². The number of nitrogens with zero attached hydrogens (tertiary/aromatic N) is 2. The van der Waals surface area contributed by atoms with Gasteiger partial charge in [0.1, 0.15) is 11.9 Å². The SMILES string of the molecule is Cc1cnc([C@@H]2COCCN2C(=O)c2ccc3c(c2)CCCC3)[nH]1. The molecule has 0 saturated carbocycles. The first-order valence-corrected chi connectivity index (χ1v) is 8.74. The number of amides is 1. The molecule has 1 atom stereocenters. The Labute approximate surface area is 142 Å². The van der Waals surface area contributed by atoms with Crippen LogP contribution in [0.25, 0.3) is 0 Å². The fourth-order valence-electron chi connectivity index (χ4n) is 3.71. The highest BCUT2D eigenvalue weighted by Crippen LogP contribution is 2.27. The molecule has 1 N–H and O–H groups in total. The largest absolute Gasteiger partial charge is 0.377 e. The van der Waals surface area contributed by atoms with Gasteiger partial charge in [0, 0.05) is 24.0 Å². The Hall–Kier alpha value is -2.14. The van der Waals surface area contributed by atoms with Crippen LogP contribution in [0.15, 0.2) is 24.4 Å². The quantitative estimate of drug-likeness (QED) is 0.924. The summed E-state index contributed by atoms with van der Waals surface area (Å²) in [5.74, 6) is 0.879. The Kier molecular flexibility index (Phi) is 4.10. The minimum Gasteiger partial charge on any atom is -0.377 e. The van der Waals surface area contributed by atoms with Gasteiger partial charge in [-0.3, -0.25) is 4.79 Å². The Bertz CT molecular complexity index is 753. The number of nitrogens with one attached hydrogen (secondary N) is 1. The predicted molar refractivity (Wildman–Crippen MR) is 91.0 cm³/mol. The molecule has 2 heterocycles. The van der Waals surface area contributed by atoms with Gasteiger partial charge < -0.3 is 14.6 Å². The zero-order valence-corrected chi connectivity index (χ0v) is 14.0. The number of carbonyl (C=O) groups excluding carboxylic acids is 1. The van der Waals surface area contributed by atoms with Gasteiger partial charge in [-0.05, 0) is 55.9 Å². The van der Waals surface area contributed by atoms with Crippen molar-refractivity contribution in [3.05, 3.63) is 52.6 Å². The number of rotatable bonds is 2. The van der Waals surface area contributed by atoms with E-state index in [2.05, 4.69) is 22.1 Å². The van der Waals surface area contributed by atoms with Crippen molar-refractivity contribution in [1.29, 1.82) is 0 Å². The lowest BCUT2D eigenvalue weighted by Gasteiger charge is -2.34. The lowest BCUT2D eigenvalue weighted by molar-refractivity contribution is -0.00501. The molecule has 1 aliphatic carbocycles. The standard InChI is InChI=1S/C19H23N3O2/c1-13-11-20-18(21-13)17-12-24-9-8-22(17)19(23)16-7-6-14-4-2-3-5-15(14)10-16/h6-7,10-11,17H,2-5,8-9,12H2,1H3,(H,20,21)/t17-/m0/s1. The molecule has 0 spiro atoms. The summed E-state index contributed by atoms with van der Waals surface area (Å²) in [5, 5.41) is 0. The topological polar surface area (TPSA) is 58.2 Å². The van der Waals surface area contributed by atoms with Crippen LogP contribution in [-0.4, -0.2) is 40.5 Å². The summed E-state index contributed by atoms with van der Waals surface area (Å²) in [6.07, 6.45) is 6.49. The van der Waals surface area contributed by atoms with Gasteiger partial charge >= 0.3 is 0 Å². The summed E-state index contributed by atoms with van der Waals surface area (Å²) in [4.78, 5) is 22.7. The molecule has 1 aromatic heterocycles. The summed E-state index contributed by atoms with van der Waals surface area (Å²) in [7, 11) is 0. The first kappa shape index (κ1) is 15.4. The van der Waals surface area contributed by atoms with Gasteiger partial charge in [0.05, 0.1) is 13.2 Å². The maximum absolute atomic E-state index is 13.1. The van der Waals surface area contributed by atoms with E-state index in [1.807, 2.05) is 17.9 Å². The molecule has 2 aromatic rings. The second kappa shape index (κ2) is 6.40. The molecule has 0 bridgehead atoms. The van der Waals surface area contributed by atoms with E-state index in [0.717, 1.165) is 29.9 Å². The number of aromatic nitrogens is 2. The van der Waals surface area contributed by atoms with Crippen LogP contribution in [0.5, 0.6) is 0 Å². The van der Waals surface area contributed by atoms with E-state index < -0.39 is 0 Å². The Morgan fingerprint density at radius 1 is 1.29 bits per heavy atom. The average Bonchev–Trinajstić information content (AvgIpc) is 3.07. The molecule has 1 amide bonds. The lowest BCUT2D eigenvalue weighted by atomic mass is 9.90. The number of carbonyl (C=O) groups is 1. The fourth-order valence-corrected chi connectivity index (χ4v) is 3.71. The van der Waals surface area contributed by atoms with E-state index in [1.165, 1.54) is 24.0 Å². The monoisotopic (exact) mass is 325 g/mol. The van der Waals surface area contributed by atoms with Crippen molar-refractivity contribution in [2.75, 3.05) is 19.8 Å². The van der Waals surface area contributed by atoms with Crippen LogP contribution < -0.4 is 0 Å². The van der Waals surface area contributed by atoms with E-state index >= 15 is 0 Å². The average molecular weight is 325 g/mol. The highest BCUT2D eigenvalue weighted by Gasteiger charge is 2.31. The zero-order chi connectivity index (χ0) is 16.5.